The Hall–Kier alpha value is -3.09. The van der Waals surface area contributed by atoms with Crippen molar-refractivity contribution in [1.29, 1.82) is 0 Å². The van der Waals surface area contributed by atoms with E-state index in [1.54, 1.807) is 25.1 Å². The Kier molecular flexibility index (Phi) is 7.87. The molecular weight excluding hydrogens is 434 g/mol. The van der Waals surface area contributed by atoms with E-state index in [4.69, 9.17) is 21.1 Å². The number of esters is 1. The van der Waals surface area contributed by atoms with Crippen LogP contribution in [0.4, 0.5) is 5.00 Å². The second-order valence-electron chi connectivity index (χ2n) is 6.41. The lowest BCUT2D eigenvalue weighted by atomic mass is 10.0. The summed E-state index contributed by atoms with van der Waals surface area (Å²) in [7, 11) is 0. The van der Waals surface area contributed by atoms with Crippen LogP contribution in [0.25, 0.3) is 17.2 Å². The molecule has 0 bridgehead atoms. The van der Waals surface area contributed by atoms with Crippen LogP contribution in [0.5, 0.6) is 5.75 Å². The molecule has 0 atom stereocenters. The van der Waals surface area contributed by atoms with Gasteiger partial charge in [0.25, 0.3) is 0 Å². The van der Waals surface area contributed by atoms with Crippen molar-refractivity contribution in [2.75, 3.05) is 18.5 Å². The number of carbonyl (C=O) groups is 2. The van der Waals surface area contributed by atoms with Gasteiger partial charge in [0.1, 0.15) is 16.3 Å². The first-order chi connectivity index (χ1) is 15.0. The van der Waals surface area contributed by atoms with E-state index in [2.05, 4.69) is 5.32 Å². The molecule has 7 heteroatoms. The third-order valence-electron chi connectivity index (χ3n) is 4.28. The first-order valence-electron chi connectivity index (χ1n) is 9.78. The van der Waals surface area contributed by atoms with E-state index in [1.807, 2.05) is 48.7 Å². The Balaban J connectivity index is 1.85. The summed E-state index contributed by atoms with van der Waals surface area (Å²) < 4.78 is 10.7. The number of rotatable bonds is 8. The molecule has 0 saturated carbocycles. The van der Waals surface area contributed by atoms with Gasteiger partial charge in [-0.05, 0) is 55.3 Å². The number of anilines is 1. The van der Waals surface area contributed by atoms with Gasteiger partial charge in [-0.2, -0.15) is 0 Å². The number of amides is 1. The van der Waals surface area contributed by atoms with Gasteiger partial charge in [0.05, 0.1) is 13.2 Å². The largest absolute Gasteiger partial charge is 0.494 e. The summed E-state index contributed by atoms with van der Waals surface area (Å²) in [5, 5.41) is 5.69. The maximum atomic E-state index is 12.7. The second kappa shape index (κ2) is 10.8. The summed E-state index contributed by atoms with van der Waals surface area (Å²) in [6, 6.07) is 14.6. The van der Waals surface area contributed by atoms with Gasteiger partial charge < -0.3 is 14.8 Å². The van der Waals surface area contributed by atoms with Crippen LogP contribution >= 0.6 is 22.9 Å². The molecule has 3 rings (SSSR count). The molecule has 0 aliphatic carbocycles. The molecule has 1 heterocycles. The lowest BCUT2D eigenvalue weighted by Crippen LogP contribution is -2.12. The molecule has 1 aromatic heterocycles. The smallest absolute Gasteiger partial charge is 0.341 e. The van der Waals surface area contributed by atoms with Crippen molar-refractivity contribution in [3.05, 3.63) is 76.1 Å². The Labute approximate surface area is 190 Å². The van der Waals surface area contributed by atoms with Crippen molar-refractivity contribution >= 4 is 45.9 Å². The first-order valence-corrected chi connectivity index (χ1v) is 11.0. The highest BCUT2D eigenvalue weighted by atomic mass is 35.5. The van der Waals surface area contributed by atoms with E-state index >= 15 is 0 Å². The number of benzene rings is 2. The first kappa shape index (κ1) is 22.6. The minimum Gasteiger partial charge on any atom is -0.494 e. The summed E-state index contributed by atoms with van der Waals surface area (Å²) in [5.41, 5.74) is 2.71. The fraction of sp³-hybridized carbons (Fsp3) is 0.167. The molecule has 0 aliphatic heterocycles. The number of carbonyl (C=O) groups excluding carboxylic acids is 2. The normalized spacial score (nSPS) is 10.8. The van der Waals surface area contributed by atoms with Gasteiger partial charge in [-0.25, -0.2) is 4.79 Å². The van der Waals surface area contributed by atoms with E-state index in [0.29, 0.717) is 27.8 Å². The summed E-state index contributed by atoms with van der Waals surface area (Å²) in [5.74, 6) is -0.0785. The molecule has 31 heavy (non-hydrogen) atoms. The van der Waals surface area contributed by atoms with E-state index in [9.17, 15) is 9.59 Å². The highest BCUT2D eigenvalue weighted by molar-refractivity contribution is 7.15. The molecule has 2 aromatic carbocycles. The topological polar surface area (TPSA) is 64.6 Å². The molecule has 5 nitrogen and oxygen atoms in total. The molecule has 160 valence electrons. The van der Waals surface area contributed by atoms with Gasteiger partial charge in [0, 0.05) is 22.0 Å². The van der Waals surface area contributed by atoms with E-state index in [-0.39, 0.29) is 12.5 Å². The molecule has 1 N–H and O–H groups in total. The zero-order valence-corrected chi connectivity index (χ0v) is 18.8. The monoisotopic (exact) mass is 455 g/mol. The molecule has 0 radical (unpaired) electrons. The average Bonchev–Trinajstić information content (AvgIpc) is 3.18. The Morgan fingerprint density at radius 3 is 2.39 bits per heavy atom. The van der Waals surface area contributed by atoms with Gasteiger partial charge >= 0.3 is 5.97 Å². The zero-order chi connectivity index (χ0) is 22.2. The fourth-order valence-electron chi connectivity index (χ4n) is 2.87. The summed E-state index contributed by atoms with van der Waals surface area (Å²) in [6.07, 6.45) is 3.09. The lowest BCUT2D eigenvalue weighted by Gasteiger charge is -2.09. The Bertz CT molecular complexity index is 1070. The summed E-state index contributed by atoms with van der Waals surface area (Å²) >= 11 is 7.16. The standard InChI is InChI=1S/C24H22ClNO4S/c1-3-29-19-12-8-17(9-13-19)20-15-31-23(22(20)24(28)30-4-2)26-21(27)14-7-16-5-10-18(25)11-6-16/h5-15H,3-4H2,1-2H3,(H,26,27). The number of hydrogen-bond acceptors (Lipinski definition) is 5. The quantitative estimate of drug-likeness (QED) is 0.320. The summed E-state index contributed by atoms with van der Waals surface area (Å²) in [6.45, 7) is 4.47. The average molecular weight is 456 g/mol. The van der Waals surface area contributed by atoms with Gasteiger partial charge in [-0.3, -0.25) is 4.79 Å². The minimum atomic E-state index is -0.482. The Morgan fingerprint density at radius 2 is 1.74 bits per heavy atom. The number of ether oxygens (including phenoxy) is 2. The maximum absolute atomic E-state index is 12.7. The van der Waals surface area contributed by atoms with Crippen LogP contribution in [-0.2, 0) is 9.53 Å². The third kappa shape index (κ3) is 5.96. The predicted molar refractivity (Wildman–Crippen MR) is 126 cm³/mol. The molecule has 0 spiro atoms. The van der Waals surface area contributed by atoms with E-state index in [1.165, 1.54) is 17.4 Å². The molecule has 0 aliphatic rings. The van der Waals surface area contributed by atoms with Crippen LogP contribution in [0.1, 0.15) is 29.8 Å². The molecule has 0 fully saturated rings. The lowest BCUT2D eigenvalue weighted by molar-refractivity contribution is -0.111. The van der Waals surface area contributed by atoms with E-state index in [0.717, 1.165) is 16.9 Å². The minimum absolute atomic E-state index is 0.237. The molecular formula is C24H22ClNO4S. The van der Waals surface area contributed by atoms with Crippen molar-refractivity contribution in [1.82, 2.24) is 0 Å². The van der Waals surface area contributed by atoms with Crippen LogP contribution in [0.2, 0.25) is 5.02 Å². The molecule has 3 aromatic rings. The highest BCUT2D eigenvalue weighted by Crippen LogP contribution is 2.37. The number of thiophene rings is 1. The van der Waals surface area contributed by atoms with Crippen molar-refractivity contribution in [3.63, 3.8) is 0 Å². The maximum Gasteiger partial charge on any atom is 0.341 e. The number of nitrogens with one attached hydrogen (secondary N) is 1. The van der Waals surface area contributed by atoms with Gasteiger partial charge in [-0.15, -0.1) is 11.3 Å². The Morgan fingerprint density at radius 1 is 1.03 bits per heavy atom. The predicted octanol–water partition coefficient (Wildman–Crippen LogP) is 6.30. The van der Waals surface area contributed by atoms with E-state index < -0.39 is 5.97 Å². The van der Waals surface area contributed by atoms with Crippen LogP contribution in [0, 0.1) is 0 Å². The van der Waals surface area contributed by atoms with Crippen LogP contribution in [0.3, 0.4) is 0 Å². The summed E-state index contributed by atoms with van der Waals surface area (Å²) in [4.78, 5) is 25.1. The van der Waals surface area contributed by atoms with Crippen LogP contribution < -0.4 is 10.1 Å². The van der Waals surface area contributed by atoms with Crippen LogP contribution in [0.15, 0.2) is 60.0 Å². The number of hydrogen-bond donors (Lipinski definition) is 1. The van der Waals surface area contributed by atoms with Gasteiger partial charge in [0.2, 0.25) is 5.91 Å². The van der Waals surface area contributed by atoms with Crippen molar-refractivity contribution in [2.45, 2.75) is 13.8 Å². The fourth-order valence-corrected chi connectivity index (χ4v) is 3.95. The van der Waals surface area contributed by atoms with Crippen molar-refractivity contribution in [2.24, 2.45) is 0 Å². The van der Waals surface area contributed by atoms with Crippen LogP contribution in [-0.4, -0.2) is 25.1 Å². The molecule has 1 amide bonds. The molecule has 0 unspecified atom stereocenters. The highest BCUT2D eigenvalue weighted by Gasteiger charge is 2.22. The SMILES string of the molecule is CCOC(=O)c1c(-c2ccc(OCC)cc2)csc1NC(=O)C=Cc1ccc(Cl)cc1. The number of halogens is 1. The zero-order valence-electron chi connectivity index (χ0n) is 17.2. The molecule has 0 saturated heterocycles. The third-order valence-corrected chi connectivity index (χ3v) is 5.43. The van der Waals surface area contributed by atoms with Gasteiger partial charge in [0.15, 0.2) is 0 Å². The van der Waals surface area contributed by atoms with Gasteiger partial charge in [-0.1, -0.05) is 35.9 Å². The second-order valence-corrected chi connectivity index (χ2v) is 7.72. The van der Waals surface area contributed by atoms with Crippen molar-refractivity contribution in [3.8, 4) is 16.9 Å². The van der Waals surface area contributed by atoms with Crippen molar-refractivity contribution < 1.29 is 19.1 Å².